The molecule has 33 nitrogen and oxygen atoms in total. The number of nitrogens with two attached hydrogens (primary N) is 1. The number of likely N-dealkylation sites (N-methyl/N-ethyl adjacent to an activating group) is 3. The van der Waals surface area contributed by atoms with Gasteiger partial charge in [0, 0.05) is 159 Å². The van der Waals surface area contributed by atoms with Gasteiger partial charge in [0.15, 0.2) is 21.3 Å². The molecule has 0 spiro atoms. The summed E-state index contributed by atoms with van der Waals surface area (Å²) in [5.74, 6) is -3.56. The molecular weight excluding hydrogens is 1310 g/mol. The fraction of sp³-hybridized carbons (Fsp3) is 0.476. The summed E-state index contributed by atoms with van der Waals surface area (Å²) < 4.78 is 57.8. The van der Waals surface area contributed by atoms with Crippen LogP contribution < -0.4 is 40.1 Å². The van der Waals surface area contributed by atoms with E-state index >= 15 is 0 Å². The first-order chi connectivity index (χ1) is 46.2. The minimum atomic E-state index is -3.81. The predicted octanol–water partition coefficient (Wildman–Crippen LogP) is 1.52. The maximum Gasteiger partial charge on any atom is 0.415 e. The Hall–Kier alpha value is -10.00. The van der Waals surface area contributed by atoms with Crippen molar-refractivity contribution in [2.24, 2.45) is 5.73 Å². The minimum absolute atomic E-state index is 0.0130. The highest BCUT2D eigenvalue weighted by atomic mass is 32.2. The van der Waals surface area contributed by atoms with Crippen LogP contribution in [-0.2, 0) is 77.9 Å². The maximum atomic E-state index is 13.0. The number of methoxy groups -OCH3 is 4. The molecule has 5 N–H and O–H groups in total. The van der Waals surface area contributed by atoms with E-state index in [9.17, 15) is 75.8 Å². The van der Waals surface area contributed by atoms with Gasteiger partial charge in [-0.05, 0) is 77.7 Å². The van der Waals surface area contributed by atoms with E-state index in [1.165, 1.54) is 87.8 Å². The zero-order chi connectivity index (χ0) is 73.5. The molecule has 0 aliphatic carbocycles. The van der Waals surface area contributed by atoms with Gasteiger partial charge in [-0.1, -0.05) is 6.07 Å². The van der Waals surface area contributed by atoms with E-state index in [4.69, 9.17) is 34.2 Å². The number of nitrogens with zero attached hydrogens (tertiary/aromatic N) is 7. The summed E-state index contributed by atoms with van der Waals surface area (Å²) in [5, 5.41) is 16.1. The van der Waals surface area contributed by atoms with Gasteiger partial charge in [0.25, 0.3) is 47.3 Å². The van der Waals surface area contributed by atoms with Crippen molar-refractivity contribution in [1.82, 2.24) is 45.0 Å². The number of benzene rings is 2. The Labute approximate surface area is 568 Å². The molecule has 0 bridgehead atoms. The van der Waals surface area contributed by atoms with E-state index in [0.717, 1.165) is 32.3 Å². The molecule has 2 aromatic carbocycles. The highest BCUT2D eigenvalue weighted by molar-refractivity contribution is 7.93. The fourth-order valence-electron chi connectivity index (χ4n) is 8.46. The van der Waals surface area contributed by atoms with Crippen molar-refractivity contribution in [2.75, 3.05) is 108 Å². The number of ether oxygens (including phenoxy) is 6. The molecule has 0 saturated carbocycles. The second-order valence-electron chi connectivity index (χ2n) is 22.7. The van der Waals surface area contributed by atoms with E-state index in [0.29, 0.717) is 72.5 Å². The van der Waals surface area contributed by atoms with Crippen molar-refractivity contribution in [2.45, 2.75) is 90.3 Å². The topological polar surface area (TPSA) is 414 Å². The standard InChI is InChI=1S/C31H37N3O11S.C12H20BN3O4.C12H12N2O6.C8H18N2O2/c1-33(15-13-32-28(35)7-6-14-34-29(36)10-11-30(34)37)31(38)45-27-17-21(8-9-24(27)42-3)20-46(39,40)16-12-23-25(43-4)18-22(41-2)19-26(23)44-5;1-13(20)15(2)9-7-14-10(17)4-3-8-16-11(18)5-6-12(16)19;15-8-3-4-9(16)13(8)7-1-2-12(19)20-14-10(17)5-6-11(14)18;1-8(2,3)12-7(11)10(4)6-5-9/h8-12,16-19H,6-7,13-15,20H2,1-5H3,(H,32,35);5-6,20H,3-4,7-9H2,1-2H3,(H,14,17);3-4H,1-2,5-7H2;5-6,9H2,1-4H3/b16-12+;;;. The van der Waals surface area contributed by atoms with Gasteiger partial charge >= 0.3 is 25.2 Å². The van der Waals surface area contributed by atoms with Crippen molar-refractivity contribution < 1.29 is 109 Å². The normalized spacial score (nSPS) is 14.0. The minimum Gasteiger partial charge on any atom is -0.496 e. The third-order valence-corrected chi connectivity index (χ3v) is 15.2. The first-order valence-electron chi connectivity index (χ1n) is 30.7. The Bertz CT molecular complexity index is 3370. The SMILES string of the molecule is CB(O)N(C)CCNC(=O)CCCN1C(=O)C=CC1=O.CN(CCN)C(=O)OC(C)(C)C.COc1cc(OC)c(/C=C/S(=O)(=O)Cc2ccc(OC)c(OC(=O)N(C)CCNC(=O)CCCN3C(=O)C=CC3=O)c2)c(OC)c1.O=C(CCCN1C(=O)C=CC1=O)ON1C(=O)CCC1=O. The van der Waals surface area contributed by atoms with E-state index in [1.54, 1.807) is 43.9 Å². The summed E-state index contributed by atoms with van der Waals surface area (Å²) in [4.78, 5) is 162. The van der Waals surface area contributed by atoms with E-state index in [-0.39, 0.29) is 112 Å². The molecule has 4 heterocycles. The van der Waals surface area contributed by atoms with Gasteiger partial charge in [-0.25, -0.2) is 22.8 Å². The van der Waals surface area contributed by atoms with Crippen LogP contribution in [0.4, 0.5) is 9.59 Å². The molecule has 35 heteroatoms. The molecule has 4 aliphatic rings. The van der Waals surface area contributed by atoms with Gasteiger partial charge < -0.3 is 69.3 Å². The molecule has 6 rings (SSSR count). The Kier molecular flexibility index (Phi) is 34.0. The van der Waals surface area contributed by atoms with Gasteiger partial charge in [-0.15, -0.1) is 5.06 Å². The Morgan fingerprint density at radius 1 is 0.612 bits per heavy atom. The highest BCUT2D eigenvalue weighted by Crippen LogP contribution is 2.36. The summed E-state index contributed by atoms with van der Waals surface area (Å²) in [6.07, 6.45) is 8.69. The van der Waals surface area contributed by atoms with Crippen LogP contribution in [0.3, 0.4) is 0 Å². The number of imide groups is 4. The van der Waals surface area contributed by atoms with Crippen molar-refractivity contribution in [1.29, 1.82) is 0 Å². The third kappa shape index (κ3) is 28.4. The number of rotatable bonds is 31. The Balaban J connectivity index is 0.000000394. The average molecular weight is 1400 g/mol. The average Bonchev–Trinajstić information content (AvgIpc) is 1.21. The molecule has 536 valence electrons. The number of amides is 12. The van der Waals surface area contributed by atoms with Crippen LogP contribution in [0.25, 0.3) is 6.08 Å². The molecule has 12 amide bonds. The maximum absolute atomic E-state index is 13.0. The largest absolute Gasteiger partial charge is 0.496 e. The lowest BCUT2D eigenvalue weighted by Gasteiger charge is -2.24. The van der Waals surface area contributed by atoms with Crippen LogP contribution >= 0.6 is 0 Å². The number of hydrogen-bond acceptors (Lipinski definition) is 25. The van der Waals surface area contributed by atoms with Crippen molar-refractivity contribution in [3.05, 3.63) is 83.3 Å². The molecule has 1 saturated heterocycles. The zero-order valence-electron chi connectivity index (χ0n) is 56.9. The molecule has 0 unspecified atom stereocenters. The Morgan fingerprint density at radius 2 is 1.05 bits per heavy atom. The van der Waals surface area contributed by atoms with E-state index in [1.807, 2.05) is 20.8 Å². The molecule has 0 aromatic heterocycles. The van der Waals surface area contributed by atoms with Gasteiger partial charge in [0.1, 0.15) is 22.8 Å². The third-order valence-electron chi connectivity index (χ3n) is 13.9. The Morgan fingerprint density at radius 3 is 1.47 bits per heavy atom. The zero-order valence-corrected chi connectivity index (χ0v) is 57.7. The van der Waals surface area contributed by atoms with Crippen molar-refractivity contribution in [3.63, 3.8) is 0 Å². The number of nitrogens with one attached hydrogen (secondary N) is 2. The van der Waals surface area contributed by atoms with Gasteiger partial charge in [-0.2, -0.15) is 0 Å². The van der Waals surface area contributed by atoms with Crippen LogP contribution in [0.2, 0.25) is 6.82 Å². The monoisotopic (exact) mass is 1390 g/mol. The smallest absolute Gasteiger partial charge is 0.415 e. The van der Waals surface area contributed by atoms with E-state index < -0.39 is 75.7 Å². The summed E-state index contributed by atoms with van der Waals surface area (Å²) in [5.41, 5.74) is 5.60. The lowest BCUT2D eigenvalue weighted by atomic mass is 9.86. The second kappa shape index (κ2) is 40.5. The van der Waals surface area contributed by atoms with Gasteiger partial charge in [-0.3, -0.25) is 62.6 Å². The van der Waals surface area contributed by atoms with Crippen LogP contribution in [0.5, 0.6) is 28.7 Å². The van der Waals surface area contributed by atoms with Crippen molar-refractivity contribution in [3.8, 4) is 28.7 Å². The van der Waals surface area contributed by atoms with E-state index in [2.05, 4.69) is 15.5 Å². The first-order valence-corrected chi connectivity index (χ1v) is 32.4. The first kappa shape index (κ1) is 82.2. The number of carbonyl (C=O) groups excluding carboxylic acids is 13. The lowest BCUT2D eigenvalue weighted by Crippen LogP contribution is -2.40. The van der Waals surface area contributed by atoms with Crippen LogP contribution in [0.15, 0.2) is 72.2 Å². The summed E-state index contributed by atoms with van der Waals surface area (Å²) in [6.45, 7) is 9.84. The summed E-state index contributed by atoms with van der Waals surface area (Å²) >= 11 is 0. The van der Waals surface area contributed by atoms with Gasteiger partial charge in [0.2, 0.25) is 11.8 Å². The van der Waals surface area contributed by atoms with Crippen LogP contribution in [0.1, 0.15) is 83.3 Å². The lowest BCUT2D eigenvalue weighted by molar-refractivity contribution is -0.197. The number of carbonyl (C=O) groups is 13. The van der Waals surface area contributed by atoms with Crippen LogP contribution in [0, 0.1) is 0 Å². The molecule has 4 aliphatic heterocycles. The molecule has 0 radical (unpaired) electrons. The van der Waals surface area contributed by atoms with Gasteiger partial charge in [0.05, 0.1) is 39.8 Å². The van der Waals surface area contributed by atoms with Crippen LogP contribution in [-0.4, -0.2) is 246 Å². The quantitative estimate of drug-likeness (QED) is 0.0614. The number of sulfone groups is 1. The number of hydrogen-bond donors (Lipinski definition) is 4. The summed E-state index contributed by atoms with van der Waals surface area (Å²) in [6, 6.07) is 7.64. The molecule has 1 fully saturated rings. The molecule has 2 aromatic rings. The number of hydroxylamine groups is 2. The second-order valence-corrected chi connectivity index (χ2v) is 24.6. The van der Waals surface area contributed by atoms with Crippen molar-refractivity contribution >= 4 is 100 Å². The molecule has 98 heavy (non-hydrogen) atoms. The molecule has 0 atom stereocenters. The molecular formula is C63H87BN10O23S. The highest BCUT2D eigenvalue weighted by Gasteiger charge is 2.33. The summed E-state index contributed by atoms with van der Waals surface area (Å²) in [7, 11) is 6.29. The fourth-order valence-corrected chi connectivity index (χ4v) is 9.55. The predicted molar refractivity (Wildman–Crippen MR) is 352 cm³/mol.